The number of fused-ring (bicyclic) bond motifs is 1. The molecule has 2 amide bonds. The van der Waals surface area contributed by atoms with Gasteiger partial charge < -0.3 is 19.9 Å². The molecule has 3 radical (unpaired) electrons. The highest BCUT2D eigenvalue weighted by Crippen LogP contribution is 2.28. The first-order valence-electron chi connectivity index (χ1n) is 13.8. The monoisotopic (exact) mass is 544 g/mol. The maximum absolute atomic E-state index is 14.1. The number of benzene rings is 2. The maximum Gasteiger partial charge on any atom is 0.274 e. The molecule has 4 rings (SSSR count). The highest BCUT2D eigenvalue weighted by atomic mass is 28.2. The summed E-state index contributed by atoms with van der Waals surface area (Å²) in [7, 11) is 3.33. The molecule has 1 aliphatic heterocycles. The Balaban J connectivity index is 1.70. The summed E-state index contributed by atoms with van der Waals surface area (Å²) in [6.45, 7) is 7.82. The molecule has 0 saturated heterocycles. The van der Waals surface area contributed by atoms with Crippen molar-refractivity contribution in [1.82, 2.24) is 19.6 Å². The van der Waals surface area contributed by atoms with Crippen molar-refractivity contribution in [3.63, 3.8) is 0 Å². The number of carbonyl (C=O) groups is 2. The summed E-state index contributed by atoms with van der Waals surface area (Å²) >= 11 is 0. The molecule has 0 unspecified atom stereocenters. The molecule has 0 fully saturated rings. The second kappa shape index (κ2) is 13.1. The standard InChI is InChI=1S/C30H38N5O3Si/c1-4-6-14-33(15-7-5-2)30(38)27-16-21(3)35(31-27)28-13-12-24(32-39)18-26(28)29(37)34-19-23-11-9-8-10-22(23)17-25(34)20-36/h8-13,16,18,25,32,36H,4-7,14-15,17,19-20H2,1-3H3/t25-/m0/s1. The molecule has 2 N–H and O–H groups in total. The Hall–Kier alpha value is -3.43. The lowest BCUT2D eigenvalue weighted by molar-refractivity contribution is 0.0544. The third-order valence-corrected chi connectivity index (χ3v) is 7.67. The van der Waals surface area contributed by atoms with Crippen LogP contribution in [0.25, 0.3) is 5.69 Å². The Bertz CT molecular complexity index is 1300. The summed E-state index contributed by atoms with van der Waals surface area (Å²) < 4.78 is 1.68. The fourth-order valence-corrected chi connectivity index (χ4v) is 5.27. The Morgan fingerprint density at radius 2 is 1.77 bits per heavy atom. The van der Waals surface area contributed by atoms with Gasteiger partial charge in [-0.15, -0.1) is 0 Å². The minimum atomic E-state index is -0.332. The van der Waals surface area contributed by atoms with Crippen LogP contribution >= 0.6 is 0 Å². The van der Waals surface area contributed by atoms with Crippen LogP contribution in [-0.2, 0) is 13.0 Å². The predicted octanol–water partition coefficient (Wildman–Crippen LogP) is 4.28. The van der Waals surface area contributed by atoms with Gasteiger partial charge in [-0.1, -0.05) is 51.0 Å². The third kappa shape index (κ3) is 6.25. The summed E-state index contributed by atoms with van der Waals surface area (Å²) in [6.07, 6.45) is 4.50. The van der Waals surface area contributed by atoms with Crippen LogP contribution in [0, 0.1) is 6.92 Å². The first-order valence-corrected chi connectivity index (χ1v) is 14.3. The lowest BCUT2D eigenvalue weighted by Crippen LogP contribution is -2.46. The van der Waals surface area contributed by atoms with Crippen LogP contribution in [0.3, 0.4) is 0 Å². The van der Waals surface area contributed by atoms with E-state index in [4.69, 9.17) is 5.10 Å². The summed E-state index contributed by atoms with van der Waals surface area (Å²) in [6, 6.07) is 15.0. The van der Waals surface area contributed by atoms with E-state index < -0.39 is 0 Å². The fraction of sp³-hybridized carbons (Fsp3) is 0.433. The van der Waals surface area contributed by atoms with Gasteiger partial charge in [0.25, 0.3) is 11.8 Å². The number of hydrogen-bond acceptors (Lipinski definition) is 5. The average molecular weight is 545 g/mol. The van der Waals surface area contributed by atoms with Gasteiger partial charge in [0.15, 0.2) is 16.1 Å². The van der Waals surface area contributed by atoms with E-state index in [-0.39, 0.29) is 24.5 Å². The number of hydrogen-bond donors (Lipinski definition) is 2. The van der Waals surface area contributed by atoms with Gasteiger partial charge in [0, 0.05) is 31.0 Å². The molecule has 0 saturated carbocycles. The van der Waals surface area contributed by atoms with E-state index in [1.54, 1.807) is 21.7 Å². The van der Waals surface area contributed by atoms with Crippen LogP contribution in [0.5, 0.6) is 0 Å². The van der Waals surface area contributed by atoms with Crippen molar-refractivity contribution < 1.29 is 14.7 Å². The summed E-state index contributed by atoms with van der Waals surface area (Å²) in [5, 5.41) is 14.9. The first-order chi connectivity index (χ1) is 18.9. The van der Waals surface area contributed by atoms with Crippen LogP contribution in [0.1, 0.15) is 77.2 Å². The number of aryl methyl sites for hydroxylation is 1. The molecule has 2 aromatic carbocycles. The number of rotatable bonds is 11. The van der Waals surface area contributed by atoms with Gasteiger partial charge in [-0.05, 0) is 61.6 Å². The highest BCUT2D eigenvalue weighted by molar-refractivity contribution is 6.16. The Morgan fingerprint density at radius 1 is 1.08 bits per heavy atom. The molecule has 1 atom stereocenters. The second-order valence-corrected chi connectivity index (χ2v) is 10.4. The molecule has 1 aromatic heterocycles. The number of aromatic nitrogens is 2. The molecule has 8 nitrogen and oxygen atoms in total. The van der Waals surface area contributed by atoms with E-state index >= 15 is 0 Å². The Morgan fingerprint density at radius 3 is 2.41 bits per heavy atom. The first kappa shape index (κ1) is 28.6. The van der Waals surface area contributed by atoms with Gasteiger partial charge in [0.05, 0.1) is 23.9 Å². The largest absolute Gasteiger partial charge is 0.413 e. The predicted molar refractivity (Wildman–Crippen MR) is 154 cm³/mol. The zero-order chi connectivity index (χ0) is 27.9. The van der Waals surface area contributed by atoms with Crippen molar-refractivity contribution in [2.45, 2.75) is 65.5 Å². The highest BCUT2D eigenvalue weighted by Gasteiger charge is 2.32. The number of unbranched alkanes of at least 4 members (excludes halogenated alkanes) is 2. The molecule has 1 aliphatic rings. The zero-order valence-electron chi connectivity index (χ0n) is 23.1. The Kier molecular flexibility index (Phi) is 9.58. The van der Waals surface area contributed by atoms with Crippen molar-refractivity contribution >= 4 is 27.9 Å². The van der Waals surface area contributed by atoms with Crippen molar-refractivity contribution in [2.75, 3.05) is 24.7 Å². The molecule has 39 heavy (non-hydrogen) atoms. The second-order valence-electron chi connectivity index (χ2n) is 10.2. The van der Waals surface area contributed by atoms with Crippen LogP contribution in [-0.4, -0.2) is 72.6 Å². The fourth-order valence-electron chi connectivity index (χ4n) is 5.11. The smallest absolute Gasteiger partial charge is 0.274 e. The number of carbonyl (C=O) groups excluding carboxylic acids is 2. The topological polar surface area (TPSA) is 90.7 Å². The SMILES string of the molecule is CCCCN(CCCC)C(=O)c1cc(C)n(-c2ccc(N[Si])cc2C(=O)N2Cc3ccccc3C[C@H]2CO)n1. The van der Waals surface area contributed by atoms with Crippen molar-refractivity contribution in [3.05, 3.63) is 76.6 Å². The van der Waals surface area contributed by atoms with Gasteiger partial charge >= 0.3 is 0 Å². The van der Waals surface area contributed by atoms with Gasteiger partial charge in [-0.25, -0.2) is 4.68 Å². The van der Waals surface area contributed by atoms with E-state index in [0.29, 0.717) is 48.7 Å². The lowest BCUT2D eigenvalue weighted by atomic mass is 9.93. The molecule has 0 aliphatic carbocycles. The van der Waals surface area contributed by atoms with Crippen molar-refractivity contribution in [1.29, 1.82) is 0 Å². The van der Waals surface area contributed by atoms with Crippen LogP contribution in [0.15, 0.2) is 48.5 Å². The van der Waals surface area contributed by atoms with E-state index in [2.05, 4.69) is 35.3 Å². The number of nitrogens with one attached hydrogen (secondary N) is 1. The summed E-state index contributed by atoms with van der Waals surface area (Å²) in [5.41, 5.74) is 5.11. The maximum atomic E-state index is 14.1. The van der Waals surface area contributed by atoms with Gasteiger partial charge in [-0.2, -0.15) is 5.10 Å². The lowest BCUT2D eigenvalue weighted by Gasteiger charge is -2.36. The number of nitrogens with zero attached hydrogens (tertiary/aromatic N) is 4. The van der Waals surface area contributed by atoms with Crippen molar-refractivity contribution in [2.24, 2.45) is 0 Å². The number of amides is 2. The van der Waals surface area contributed by atoms with Gasteiger partial charge in [0.2, 0.25) is 0 Å². The molecule has 0 spiro atoms. The molecule has 3 aromatic rings. The zero-order valence-corrected chi connectivity index (χ0v) is 24.1. The van der Waals surface area contributed by atoms with E-state index in [1.807, 2.05) is 42.2 Å². The third-order valence-electron chi connectivity index (χ3n) is 7.38. The number of aliphatic hydroxyl groups excluding tert-OH is 1. The average Bonchev–Trinajstić information content (AvgIpc) is 3.36. The quantitative estimate of drug-likeness (QED) is 0.352. The van der Waals surface area contributed by atoms with Crippen LogP contribution in [0.4, 0.5) is 5.69 Å². The minimum absolute atomic E-state index is 0.0851. The minimum Gasteiger partial charge on any atom is -0.413 e. The Labute approximate surface area is 234 Å². The van der Waals surface area contributed by atoms with Crippen LogP contribution in [0.2, 0.25) is 0 Å². The number of aliphatic hydroxyl groups is 1. The summed E-state index contributed by atoms with van der Waals surface area (Å²) in [5.74, 6) is -0.282. The molecule has 9 heteroatoms. The molecule has 2 heterocycles. The number of anilines is 1. The normalized spacial score (nSPS) is 14.7. The summed E-state index contributed by atoms with van der Waals surface area (Å²) in [4.78, 5) is 34.1. The van der Waals surface area contributed by atoms with E-state index in [1.165, 1.54) is 0 Å². The van der Waals surface area contributed by atoms with E-state index in [9.17, 15) is 14.7 Å². The van der Waals surface area contributed by atoms with E-state index in [0.717, 1.165) is 42.5 Å². The molecular formula is C30H38N5O3Si. The van der Waals surface area contributed by atoms with Gasteiger partial charge in [0.1, 0.15) is 0 Å². The van der Waals surface area contributed by atoms with Crippen LogP contribution < -0.4 is 4.98 Å². The molecule has 205 valence electrons. The van der Waals surface area contributed by atoms with Gasteiger partial charge in [-0.3, -0.25) is 9.59 Å². The molecular weight excluding hydrogens is 506 g/mol. The molecule has 0 bridgehead atoms. The van der Waals surface area contributed by atoms with Crippen molar-refractivity contribution in [3.8, 4) is 5.69 Å².